The number of carbonyl (C=O) groups is 2. The molecule has 1 fully saturated rings. The van der Waals surface area contributed by atoms with Gasteiger partial charge in [0, 0.05) is 23.6 Å². The van der Waals surface area contributed by atoms with Crippen molar-refractivity contribution in [1.29, 1.82) is 0 Å². The number of rotatable bonds is 7. The molecule has 0 aromatic heterocycles. The fraction of sp³-hybridized carbons (Fsp3) is 0.556. The van der Waals surface area contributed by atoms with E-state index in [0.29, 0.717) is 17.1 Å². The fourth-order valence-electron chi connectivity index (χ4n) is 3.09. The van der Waals surface area contributed by atoms with Crippen LogP contribution in [0.5, 0.6) is 0 Å². The highest BCUT2D eigenvalue weighted by molar-refractivity contribution is 6.30. The van der Waals surface area contributed by atoms with Gasteiger partial charge in [-0.25, -0.2) is 0 Å². The molecule has 1 heterocycles. The number of halogens is 1. The molecule has 1 aromatic rings. The standard InChI is InChI=1S/C18H26ClN3O2/c1-14-5-2-3-11-22(14)12-4-10-20-17(23)13-21-18(24)15-6-8-16(19)9-7-15/h6-9,14H,2-5,10-13H2,1H3,(H,20,23)(H,21,24)/p+1/t14-/m1/s1. The van der Waals surface area contributed by atoms with Crippen LogP contribution >= 0.6 is 11.6 Å². The van der Waals surface area contributed by atoms with Gasteiger partial charge in [0.1, 0.15) is 0 Å². The zero-order valence-corrected chi connectivity index (χ0v) is 15.0. The molecule has 6 heteroatoms. The van der Waals surface area contributed by atoms with Crippen molar-refractivity contribution in [2.75, 3.05) is 26.2 Å². The van der Waals surface area contributed by atoms with Crippen LogP contribution in [0.1, 0.15) is 43.0 Å². The quantitative estimate of drug-likeness (QED) is 0.642. The van der Waals surface area contributed by atoms with E-state index in [4.69, 9.17) is 11.6 Å². The van der Waals surface area contributed by atoms with Gasteiger partial charge >= 0.3 is 0 Å². The molecule has 0 radical (unpaired) electrons. The number of hydrogen-bond donors (Lipinski definition) is 3. The predicted octanol–water partition coefficient (Wildman–Crippen LogP) is 1.03. The summed E-state index contributed by atoms with van der Waals surface area (Å²) in [7, 11) is 0. The minimum atomic E-state index is -0.270. The Hall–Kier alpha value is -1.59. The summed E-state index contributed by atoms with van der Waals surface area (Å²) in [5.74, 6) is -0.424. The lowest BCUT2D eigenvalue weighted by molar-refractivity contribution is -0.928. The van der Waals surface area contributed by atoms with Gasteiger partial charge in [-0.1, -0.05) is 11.6 Å². The van der Waals surface area contributed by atoms with Crippen LogP contribution in [-0.4, -0.2) is 44.0 Å². The molecule has 5 nitrogen and oxygen atoms in total. The van der Waals surface area contributed by atoms with E-state index >= 15 is 0 Å². The van der Waals surface area contributed by atoms with Crippen molar-refractivity contribution in [1.82, 2.24) is 10.6 Å². The highest BCUT2D eigenvalue weighted by Gasteiger charge is 2.20. The lowest BCUT2D eigenvalue weighted by atomic mass is 10.0. The zero-order chi connectivity index (χ0) is 17.4. The monoisotopic (exact) mass is 352 g/mol. The van der Waals surface area contributed by atoms with Crippen LogP contribution < -0.4 is 15.5 Å². The lowest BCUT2D eigenvalue weighted by Crippen LogP contribution is -3.16. The Labute approximate surface area is 148 Å². The van der Waals surface area contributed by atoms with Crippen molar-refractivity contribution < 1.29 is 14.5 Å². The Morgan fingerprint density at radius 2 is 1.96 bits per heavy atom. The molecule has 0 bridgehead atoms. The third-order valence-corrected chi connectivity index (χ3v) is 4.85. The first-order valence-corrected chi connectivity index (χ1v) is 9.09. The van der Waals surface area contributed by atoms with Crippen molar-refractivity contribution in [3.63, 3.8) is 0 Å². The summed E-state index contributed by atoms with van der Waals surface area (Å²) in [5, 5.41) is 6.06. The molecular weight excluding hydrogens is 326 g/mol. The Morgan fingerprint density at radius 1 is 1.21 bits per heavy atom. The molecule has 24 heavy (non-hydrogen) atoms. The second-order valence-electron chi connectivity index (χ2n) is 6.45. The molecule has 1 aliphatic rings. The molecule has 2 amide bonds. The summed E-state index contributed by atoms with van der Waals surface area (Å²) < 4.78 is 0. The number of likely N-dealkylation sites (tertiary alicyclic amines) is 1. The molecule has 3 N–H and O–H groups in total. The Balaban J connectivity index is 1.59. The van der Waals surface area contributed by atoms with Crippen LogP contribution in [0.4, 0.5) is 0 Å². The van der Waals surface area contributed by atoms with Crippen LogP contribution in [0.3, 0.4) is 0 Å². The van der Waals surface area contributed by atoms with E-state index in [2.05, 4.69) is 17.6 Å². The second-order valence-corrected chi connectivity index (χ2v) is 6.88. The molecule has 1 aliphatic heterocycles. The minimum Gasteiger partial charge on any atom is -0.354 e. The molecule has 132 valence electrons. The number of quaternary nitrogens is 1. The smallest absolute Gasteiger partial charge is 0.251 e. The maximum Gasteiger partial charge on any atom is 0.251 e. The van der Waals surface area contributed by atoms with Gasteiger partial charge in [0.05, 0.1) is 25.7 Å². The maximum absolute atomic E-state index is 11.9. The molecule has 0 spiro atoms. The van der Waals surface area contributed by atoms with Gasteiger partial charge in [-0.3, -0.25) is 9.59 Å². The van der Waals surface area contributed by atoms with Crippen LogP contribution in [0.25, 0.3) is 0 Å². The van der Waals surface area contributed by atoms with Crippen molar-refractivity contribution in [2.45, 2.75) is 38.6 Å². The summed E-state index contributed by atoms with van der Waals surface area (Å²) in [6.07, 6.45) is 4.92. The minimum absolute atomic E-state index is 0.00552. The molecule has 1 saturated heterocycles. The van der Waals surface area contributed by atoms with E-state index in [1.54, 1.807) is 29.2 Å². The molecule has 2 rings (SSSR count). The van der Waals surface area contributed by atoms with Crippen molar-refractivity contribution >= 4 is 23.4 Å². The normalized spacial score (nSPS) is 20.4. The summed E-state index contributed by atoms with van der Waals surface area (Å²) in [4.78, 5) is 25.3. The SMILES string of the molecule is C[C@@H]1CCCC[NH+]1CCCNC(=O)CNC(=O)c1ccc(Cl)cc1. The average molecular weight is 353 g/mol. The molecule has 0 saturated carbocycles. The van der Waals surface area contributed by atoms with E-state index in [9.17, 15) is 9.59 Å². The van der Waals surface area contributed by atoms with Crippen molar-refractivity contribution in [2.24, 2.45) is 0 Å². The van der Waals surface area contributed by atoms with Crippen LogP contribution in [0.15, 0.2) is 24.3 Å². The highest BCUT2D eigenvalue weighted by atomic mass is 35.5. The summed E-state index contributed by atoms with van der Waals surface area (Å²) in [6.45, 7) is 5.30. The van der Waals surface area contributed by atoms with E-state index in [1.807, 2.05) is 0 Å². The summed E-state index contributed by atoms with van der Waals surface area (Å²) >= 11 is 5.78. The van der Waals surface area contributed by atoms with Crippen LogP contribution in [0.2, 0.25) is 5.02 Å². The van der Waals surface area contributed by atoms with E-state index in [-0.39, 0.29) is 18.4 Å². The largest absolute Gasteiger partial charge is 0.354 e. The first kappa shape index (κ1) is 18.7. The van der Waals surface area contributed by atoms with Crippen molar-refractivity contribution in [3.8, 4) is 0 Å². The topological polar surface area (TPSA) is 62.6 Å². The van der Waals surface area contributed by atoms with Gasteiger partial charge in [0.2, 0.25) is 5.91 Å². The van der Waals surface area contributed by atoms with Gasteiger partial charge in [-0.05, 0) is 50.5 Å². The Kier molecular flexibility index (Phi) is 7.53. The third kappa shape index (κ3) is 6.13. The zero-order valence-electron chi connectivity index (χ0n) is 14.2. The van der Waals surface area contributed by atoms with Crippen molar-refractivity contribution in [3.05, 3.63) is 34.9 Å². The van der Waals surface area contributed by atoms with Gasteiger partial charge in [-0.2, -0.15) is 0 Å². The molecule has 2 atom stereocenters. The molecular formula is C18H27ClN3O2+. The van der Waals surface area contributed by atoms with E-state index in [0.717, 1.165) is 19.0 Å². The molecule has 1 aromatic carbocycles. The number of piperidine rings is 1. The van der Waals surface area contributed by atoms with Crippen LogP contribution in [-0.2, 0) is 4.79 Å². The van der Waals surface area contributed by atoms with Gasteiger partial charge < -0.3 is 15.5 Å². The first-order chi connectivity index (χ1) is 11.6. The van der Waals surface area contributed by atoms with Gasteiger partial charge in [-0.15, -0.1) is 0 Å². The van der Waals surface area contributed by atoms with Crippen LogP contribution in [0, 0.1) is 0 Å². The van der Waals surface area contributed by atoms with Gasteiger partial charge in [0.15, 0.2) is 0 Å². The lowest BCUT2D eigenvalue weighted by Gasteiger charge is -2.30. The van der Waals surface area contributed by atoms with E-state index < -0.39 is 0 Å². The number of hydrogen-bond acceptors (Lipinski definition) is 2. The Bertz CT molecular complexity index is 548. The van der Waals surface area contributed by atoms with Gasteiger partial charge in [0.25, 0.3) is 5.91 Å². The molecule has 0 aliphatic carbocycles. The van der Waals surface area contributed by atoms with E-state index in [1.165, 1.54) is 25.8 Å². The first-order valence-electron chi connectivity index (χ1n) is 8.71. The molecule has 1 unspecified atom stereocenters. The fourth-order valence-corrected chi connectivity index (χ4v) is 3.22. The summed E-state index contributed by atoms with van der Waals surface area (Å²) in [5.41, 5.74) is 0.495. The number of benzene rings is 1. The number of nitrogens with one attached hydrogen (secondary N) is 3. The Morgan fingerprint density at radius 3 is 2.67 bits per heavy atom. The second kappa shape index (κ2) is 9.64. The third-order valence-electron chi connectivity index (χ3n) is 4.59. The highest BCUT2D eigenvalue weighted by Crippen LogP contribution is 2.09. The maximum atomic E-state index is 11.9. The number of amides is 2. The average Bonchev–Trinajstić information content (AvgIpc) is 2.58. The summed E-state index contributed by atoms with van der Waals surface area (Å²) in [6, 6.07) is 7.31. The predicted molar refractivity (Wildman–Crippen MR) is 95.4 cm³/mol. The number of carbonyl (C=O) groups excluding carboxylic acids is 2.